The lowest BCUT2D eigenvalue weighted by Gasteiger charge is -2.16. The molecule has 11 rings (SSSR count). The smallest absolute Gasteiger partial charge is 0.161 e. The van der Waals surface area contributed by atoms with Crippen molar-refractivity contribution in [1.82, 2.24) is 15.0 Å². The predicted molar refractivity (Wildman–Crippen MR) is 235 cm³/mol. The first-order valence-corrected chi connectivity index (χ1v) is 19.0. The van der Waals surface area contributed by atoms with Crippen LogP contribution in [-0.4, -0.2) is 15.0 Å². The van der Waals surface area contributed by atoms with Gasteiger partial charge in [0.05, 0.1) is 11.4 Å². The molecular formula is C53H33N3. The van der Waals surface area contributed by atoms with Crippen LogP contribution >= 0.6 is 0 Å². The predicted octanol–water partition coefficient (Wildman–Crippen LogP) is 14.0. The molecule has 11 aromatic rings. The summed E-state index contributed by atoms with van der Waals surface area (Å²) in [6.45, 7) is 0. The van der Waals surface area contributed by atoms with E-state index in [2.05, 4.69) is 187 Å². The molecule has 0 unspecified atom stereocenters. The Hall–Kier alpha value is -7.49. The molecule has 0 aliphatic carbocycles. The molecule has 3 heteroatoms. The molecule has 9 aromatic carbocycles. The molecule has 0 radical (unpaired) electrons. The Bertz CT molecular complexity index is 3300. The first-order valence-electron chi connectivity index (χ1n) is 19.0. The van der Waals surface area contributed by atoms with Crippen molar-refractivity contribution in [3.8, 4) is 56.2 Å². The van der Waals surface area contributed by atoms with Crippen LogP contribution in [0.4, 0.5) is 0 Å². The highest BCUT2D eigenvalue weighted by molar-refractivity contribution is 6.32. The SMILES string of the molecule is c1cncc(-c2cccc(-c3cc(-c4ccc(-c5ccc6ccccc6c5)cc4)nc(-c4cc5c6ccccc6c6ccccc6c5c5ccccc45)n3)c2)c1. The van der Waals surface area contributed by atoms with E-state index >= 15 is 0 Å². The lowest BCUT2D eigenvalue weighted by atomic mass is 9.89. The minimum Gasteiger partial charge on any atom is -0.264 e. The van der Waals surface area contributed by atoms with Gasteiger partial charge in [0.2, 0.25) is 0 Å². The quantitative estimate of drug-likeness (QED) is 0.167. The van der Waals surface area contributed by atoms with Crippen LogP contribution < -0.4 is 0 Å². The molecule has 3 nitrogen and oxygen atoms in total. The third-order valence-corrected chi connectivity index (χ3v) is 11.1. The first-order chi connectivity index (χ1) is 27.7. The van der Waals surface area contributed by atoms with Crippen LogP contribution in [0.3, 0.4) is 0 Å². The van der Waals surface area contributed by atoms with E-state index in [0.717, 1.165) is 50.2 Å². The fraction of sp³-hybridized carbons (Fsp3) is 0. The number of hydrogen-bond acceptors (Lipinski definition) is 3. The number of fused-ring (bicyclic) bond motifs is 9. The van der Waals surface area contributed by atoms with Gasteiger partial charge in [0, 0.05) is 34.6 Å². The summed E-state index contributed by atoms with van der Waals surface area (Å²) < 4.78 is 0. The molecule has 260 valence electrons. The molecule has 0 aliphatic heterocycles. The van der Waals surface area contributed by atoms with E-state index in [-0.39, 0.29) is 0 Å². The Labute approximate surface area is 324 Å². The van der Waals surface area contributed by atoms with Crippen LogP contribution in [0.25, 0.3) is 110 Å². The number of nitrogens with zero attached hydrogens (tertiary/aromatic N) is 3. The van der Waals surface area contributed by atoms with Gasteiger partial charge in [-0.25, -0.2) is 9.97 Å². The molecule has 0 bridgehead atoms. The summed E-state index contributed by atoms with van der Waals surface area (Å²) in [5.74, 6) is 0.693. The summed E-state index contributed by atoms with van der Waals surface area (Å²) in [5.41, 5.74) is 9.30. The Kier molecular flexibility index (Phi) is 7.49. The van der Waals surface area contributed by atoms with Crippen molar-refractivity contribution in [3.05, 3.63) is 200 Å². The van der Waals surface area contributed by atoms with Crippen molar-refractivity contribution in [1.29, 1.82) is 0 Å². The van der Waals surface area contributed by atoms with E-state index in [9.17, 15) is 0 Å². The van der Waals surface area contributed by atoms with E-state index in [1.807, 2.05) is 18.5 Å². The molecule has 0 atom stereocenters. The highest BCUT2D eigenvalue weighted by Crippen LogP contribution is 2.43. The molecule has 2 heterocycles. The van der Waals surface area contributed by atoms with Crippen molar-refractivity contribution < 1.29 is 0 Å². The fourth-order valence-electron chi connectivity index (χ4n) is 8.41. The Morgan fingerprint density at radius 2 is 0.857 bits per heavy atom. The minimum absolute atomic E-state index is 0.693. The van der Waals surface area contributed by atoms with Gasteiger partial charge in [0.15, 0.2) is 5.82 Å². The van der Waals surface area contributed by atoms with E-state index < -0.39 is 0 Å². The summed E-state index contributed by atoms with van der Waals surface area (Å²) in [6.07, 6.45) is 3.71. The van der Waals surface area contributed by atoms with Crippen molar-refractivity contribution in [2.24, 2.45) is 0 Å². The summed E-state index contributed by atoms with van der Waals surface area (Å²) in [4.78, 5) is 15.2. The van der Waals surface area contributed by atoms with Crippen molar-refractivity contribution in [3.63, 3.8) is 0 Å². The van der Waals surface area contributed by atoms with Crippen LogP contribution in [0.1, 0.15) is 0 Å². The molecule has 0 amide bonds. The van der Waals surface area contributed by atoms with E-state index in [4.69, 9.17) is 9.97 Å². The molecule has 0 N–H and O–H groups in total. The lowest BCUT2D eigenvalue weighted by molar-refractivity contribution is 1.19. The van der Waals surface area contributed by atoms with Crippen LogP contribution in [-0.2, 0) is 0 Å². The average Bonchev–Trinajstić information content (AvgIpc) is 3.28. The molecule has 0 spiro atoms. The monoisotopic (exact) mass is 711 g/mol. The zero-order valence-electron chi connectivity index (χ0n) is 30.4. The van der Waals surface area contributed by atoms with Crippen molar-refractivity contribution in [2.75, 3.05) is 0 Å². The summed E-state index contributed by atoms with van der Waals surface area (Å²) in [6, 6.07) is 67.2. The van der Waals surface area contributed by atoms with Gasteiger partial charge in [-0.3, -0.25) is 4.98 Å². The Balaban J connectivity index is 1.14. The van der Waals surface area contributed by atoms with Gasteiger partial charge >= 0.3 is 0 Å². The van der Waals surface area contributed by atoms with Gasteiger partial charge in [-0.15, -0.1) is 0 Å². The van der Waals surface area contributed by atoms with Gasteiger partial charge in [-0.1, -0.05) is 158 Å². The van der Waals surface area contributed by atoms with Crippen LogP contribution in [0.5, 0.6) is 0 Å². The number of hydrogen-bond donors (Lipinski definition) is 0. The Morgan fingerprint density at radius 1 is 0.304 bits per heavy atom. The summed E-state index contributed by atoms with van der Waals surface area (Å²) in [5, 5.41) is 12.2. The van der Waals surface area contributed by atoms with Crippen molar-refractivity contribution in [2.45, 2.75) is 0 Å². The molecule has 56 heavy (non-hydrogen) atoms. The maximum atomic E-state index is 5.40. The minimum atomic E-state index is 0.693. The zero-order valence-corrected chi connectivity index (χ0v) is 30.4. The second-order valence-corrected chi connectivity index (χ2v) is 14.4. The first kappa shape index (κ1) is 32.0. The van der Waals surface area contributed by atoms with Crippen LogP contribution in [0.15, 0.2) is 200 Å². The molecule has 0 saturated heterocycles. The Morgan fingerprint density at radius 3 is 1.61 bits per heavy atom. The van der Waals surface area contributed by atoms with E-state index in [0.29, 0.717) is 5.82 Å². The maximum Gasteiger partial charge on any atom is 0.161 e. The number of pyridine rings is 1. The molecular weight excluding hydrogens is 679 g/mol. The van der Waals surface area contributed by atoms with E-state index in [1.54, 1.807) is 0 Å². The summed E-state index contributed by atoms with van der Waals surface area (Å²) in [7, 11) is 0. The second kappa shape index (κ2) is 13.1. The van der Waals surface area contributed by atoms with Gasteiger partial charge in [-0.2, -0.15) is 0 Å². The van der Waals surface area contributed by atoms with Crippen molar-refractivity contribution >= 4 is 53.9 Å². The third kappa shape index (κ3) is 5.40. The fourth-order valence-corrected chi connectivity index (χ4v) is 8.41. The number of aromatic nitrogens is 3. The number of benzene rings is 9. The molecule has 2 aromatic heterocycles. The van der Waals surface area contributed by atoms with Gasteiger partial charge in [0.25, 0.3) is 0 Å². The summed E-state index contributed by atoms with van der Waals surface area (Å²) >= 11 is 0. The molecule has 0 aliphatic rings. The maximum absolute atomic E-state index is 5.40. The van der Waals surface area contributed by atoms with Gasteiger partial charge in [0.1, 0.15) is 0 Å². The second-order valence-electron chi connectivity index (χ2n) is 14.4. The lowest BCUT2D eigenvalue weighted by Crippen LogP contribution is -1.97. The average molecular weight is 712 g/mol. The molecule has 0 fully saturated rings. The molecule has 0 saturated carbocycles. The van der Waals surface area contributed by atoms with E-state index in [1.165, 1.54) is 54.0 Å². The third-order valence-electron chi connectivity index (χ3n) is 11.1. The normalized spacial score (nSPS) is 11.6. The highest BCUT2D eigenvalue weighted by atomic mass is 14.9. The zero-order chi connectivity index (χ0) is 37.0. The van der Waals surface area contributed by atoms with Crippen LogP contribution in [0.2, 0.25) is 0 Å². The van der Waals surface area contributed by atoms with Gasteiger partial charge in [-0.05, 0) is 101 Å². The number of rotatable bonds is 5. The van der Waals surface area contributed by atoms with Gasteiger partial charge < -0.3 is 0 Å². The highest BCUT2D eigenvalue weighted by Gasteiger charge is 2.18. The topological polar surface area (TPSA) is 38.7 Å². The van der Waals surface area contributed by atoms with Crippen LogP contribution in [0, 0.1) is 0 Å². The standard InChI is InChI=1S/C53H33N3/c1-2-12-37-29-39(27-24-34(37)11-1)35-22-25-36(26-23-35)50-32-51(40-14-9-13-38(30-40)41-15-10-28-54-33-41)56-53(55-50)49-31-48-44-18-4-3-16-42(44)43-17-5-7-20-46(43)52(48)47-21-8-6-19-45(47)49/h1-33H. The largest absolute Gasteiger partial charge is 0.264 e.